The first-order valence-electron chi connectivity index (χ1n) is 2.52. The van der Waals surface area contributed by atoms with Gasteiger partial charge in [0.15, 0.2) is 0 Å². The summed E-state index contributed by atoms with van der Waals surface area (Å²) in [5.74, 6) is 0. The predicted octanol–water partition coefficient (Wildman–Crippen LogP) is 0.819. The summed E-state index contributed by atoms with van der Waals surface area (Å²) >= 11 is 2.05. The van der Waals surface area contributed by atoms with Gasteiger partial charge in [-0.1, -0.05) is 0 Å². The molecule has 0 bridgehead atoms. The number of aromatic nitrogens is 2. The fraction of sp³-hybridized carbons (Fsp3) is 0.200. The van der Waals surface area contributed by atoms with E-state index in [9.17, 15) is 4.21 Å². The van der Waals surface area contributed by atoms with Gasteiger partial charge >= 0.3 is 0 Å². The van der Waals surface area contributed by atoms with E-state index >= 15 is 0 Å². The van der Waals surface area contributed by atoms with Crippen LogP contribution >= 0.6 is 22.6 Å². The molecule has 10 heavy (non-hydrogen) atoms. The minimum Gasteiger partial charge on any atom is -0.251 e. The summed E-state index contributed by atoms with van der Waals surface area (Å²) in [6, 6.07) is 1.76. The van der Waals surface area contributed by atoms with Crippen molar-refractivity contribution in [3.8, 4) is 0 Å². The molecule has 1 aromatic rings. The smallest absolute Gasteiger partial charge is 0.219 e. The third-order valence-electron chi connectivity index (χ3n) is 0.857. The van der Waals surface area contributed by atoms with Crippen molar-refractivity contribution in [2.75, 3.05) is 6.26 Å². The lowest BCUT2D eigenvalue weighted by molar-refractivity contribution is 0.679. The zero-order chi connectivity index (χ0) is 7.56. The quantitative estimate of drug-likeness (QED) is 0.430. The van der Waals surface area contributed by atoms with E-state index in [1.807, 2.05) is 0 Å². The lowest BCUT2D eigenvalue weighted by Gasteiger charge is -1.92. The van der Waals surface area contributed by atoms with E-state index in [2.05, 4.69) is 32.6 Å². The maximum absolute atomic E-state index is 10.8. The molecule has 0 aromatic carbocycles. The Morgan fingerprint density at radius 2 is 2.40 bits per heavy atom. The maximum Gasteiger partial charge on any atom is 0.219 e. The van der Waals surface area contributed by atoms with E-state index in [1.54, 1.807) is 18.5 Å². The largest absolute Gasteiger partial charge is 0.251 e. The monoisotopic (exact) mass is 268 g/mol. The van der Waals surface area contributed by atoms with Crippen molar-refractivity contribution in [1.29, 1.82) is 0 Å². The van der Waals surface area contributed by atoms with Gasteiger partial charge in [-0.05, 0) is 28.7 Å². The first kappa shape index (κ1) is 8.06. The summed E-state index contributed by atoms with van der Waals surface area (Å²) in [4.78, 5) is 7.77. The molecule has 0 aliphatic rings. The van der Waals surface area contributed by atoms with Gasteiger partial charge in [0.2, 0.25) is 5.16 Å². The third-order valence-corrected chi connectivity index (χ3v) is 2.17. The Morgan fingerprint density at radius 1 is 1.70 bits per heavy atom. The molecule has 0 amide bonds. The summed E-state index contributed by atoms with van der Waals surface area (Å²) in [6.45, 7) is 0. The van der Waals surface area contributed by atoms with Crippen molar-refractivity contribution < 1.29 is 4.21 Å². The van der Waals surface area contributed by atoms with E-state index in [0.29, 0.717) is 5.16 Å². The van der Waals surface area contributed by atoms with Gasteiger partial charge in [0, 0.05) is 12.5 Å². The molecule has 1 aromatic heterocycles. The van der Waals surface area contributed by atoms with Gasteiger partial charge in [0.25, 0.3) is 0 Å². The van der Waals surface area contributed by atoms with Gasteiger partial charge in [0.1, 0.15) is 3.70 Å². The van der Waals surface area contributed by atoms with Crippen LogP contribution in [0.1, 0.15) is 0 Å². The summed E-state index contributed by atoms with van der Waals surface area (Å²) in [5, 5.41) is 0.395. The molecule has 1 heterocycles. The Balaban J connectivity index is 3.07. The number of nitrogens with zero attached hydrogens (tertiary/aromatic N) is 2. The van der Waals surface area contributed by atoms with Crippen LogP contribution in [0.5, 0.6) is 0 Å². The highest BCUT2D eigenvalue weighted by Gasteiger charge is 1.99. The molecule has 0 N–H and O–H groups in total. The number of hydrogen-bond donors (Lipinski definition) is 0. The number of rotatable bonds is 1. The Bertz CT molecular complexity index is 266. The molecule has 1 rings (SSSR count). The highest BCUT2D eigenvalue weighted by molar-refractivity contribution is 14.1. The lowest BCUT2D eigenvalue weighted by Crippen LogP contribution is -1.96. The molecule has 0 saturated carbocycles. The van der Waals surface area contributed by atoms with E-state index in [1.165, 1.54) is 0 Å². The normalized spacial score (nSPS) is 13.0. The van der Waals surface area contributed by atoms with Crippen LogP contribution in [0, 0.1) is 3.70 Å². The highest BCUT2D eigenvalue weighted by Crippen LogP contribution is 2.00. The van der Waals surface area contributed by atoms with Crippen LogP contribution in [0.15, 0.2) is 17.4 Å². The topological polar surface area (TPSA) is 42.9 Å². The van der Waals surface area contributed by atoms with Crippen molar-refractivity contribution in [3.05, 3.63) is 16.0 Å². The predicted molar refractivity (Wildman–Crippen MR) is 47.1 cm³/mol. The SMILES string of the molecule is CS(=O)c1nccc(I)n1. The van der Waals surface area contributed by atoms with Crippen molar-refractivity contribution in [2.24, 2.45) is 0 Å². The third kappa shape index (κ3) is 1.98. The van der Waals surface area contributed by atoms with Gasteiger partial charge < -0.3 is 0 Å². The van der Waals surface area contributed by atoms with Gasteiger partial charge in [-0.15, -0.1) is 0 Å². The molecule has 0 aliphatic heterocycles. The summed E-state index contributed by atoms with van der Waals surface area (Å²) < 4.78 is 11.6. The van der Waals surface area contributed by atoms with Crippen LogP contribution in [0.25, 0.3) is 0 Å². The zero-order valence-corrected chi connectivity index (χ0v) is 8.22. The average molecular weight is 268 g/mol. The summed E-state index contributed by atoms with van der Waals surface area (Å²) in [7, 11) is -1.07. The zero-order valence-electron chi connectivity index (χ0n) is 5.24. The molecule has 0 radical (unpaired) electrons. The molecule has 1 atom stereocenters. The van der Waals surface area contributed by atoms with Crippen molar-refractivity contribution in [2.45, 2.75) is 5.16 Å². The van der Waals surface area contributed by atoms with E-state index < -0.39 is 10.8 Å². The number of hydrogen-bond acceptors (Lipinski definition) is 3. The number of halogens is 1. The van der Waals surface area contributed by atoms with Crippen LogP contribution < -0.4 is 0 Å². The maximum atomic E-state index is 10.8. The van der Waals surface area contributed by atoms with Crippen LogP contribution in [0.2, 0.25) is 0 Å². The fourth-order valence-corrected chi connectivity index (χ4v) is 1.45. The summed E-state index contributed by atoms with van der Waals surface area (Å²) in [5.41, 5.74) is 0. The van der Waals surface area contributed by atoms with E-state index in [0.717, 1.165) is 3.70 Å². The molecule has 0 spiro atoms. The Morgan fingerprint density at radius 3 is 2.80 bits per heavy atom. The second-order valence-electron chi connectivity index (χ2n) is 1.62. The Kier molecular flexibility index (Phi) is 2.72. The molecule has 5 heteroatoms. The first-order chi connectivity index (χ1) is 4.70. The molecule has 0 aliphatic carbocycles. The summed E-state index contributed by atoms with van der Waals surface area (Å²) in [6.07, 6.45) is 3.16. The van der Waals surface area contributed by atoms with Gasteiger partial charge in [-0.25, -0.2) is 9.97 Å². The van der Waals surface area contributed by atoms with Crippen molar-refractivity contribution in [1.82, 2.24) is 9.97 Å². The van der Waals surface area contributed by atoms with Crippen LogP contribution in [0.3, 0.4) is 0 Å². The fourth-order valence-electron chi connectivity index (χ4n) is 0.459. The lowest BCUT2D eigenvalue weighted by atomic mass is 10.7. The molecule has 0 fully saturated rings. The average Bonchev–Trinajstić information content (AvgIpc) is 1.88. The van der Waals surface area contributed by atoms with Crippen molar-refractivity contribution >= 4 is 33.4 Å². The minimum absolute atomic E-state index is 0.395. The van der Waals surface area contributed by atoms with E-state index in [-0.39, 0.29) is 0 Å². The Labute approximate surface area is 74.9 Å². The van der Waals surface area contributed by atoms with Gasteiger partial charge in [-0.3, -0.25) is 4.21 Å². The highest BCUT2D eigenvalue weighted by atomic mass is 127. The van der Waals surface area contributed by atoms with Crippen LogP contribution in [0.4, 0.5) is 0 Å². The van der Waals surface area contributed by atoms with E-state index in [4.69, 9.17) is 0 Å². The minimum atomic E-state index is -1.07. The molecular weight excluding hydrogens is 263 g/mol. The second kappa shape index (κ2) is 3.38. The van der Waals surface area contributed by atoms with Crippen LogP contribution in [-0.2, 0) is 10.8 Å². The first-order valence-corrected chi connectivity index (χ1v) is 5.16. The standard InChI is InChI=1S/C5H5IN2OS/c1-10(9)5-7-3-2-4(6)8-5/h2-3H,1H3. The molecule has 3 nitrogen and oxygen atoms in total. The molecule has 0 saturated heterocycles. The molecule has 54 valence electrons. The van der Waals surface area contributed by atoms with Crippen LogP contribution in [-0.4, -0.2) is 20.4 Å². The molecule has 1 unspecified atom stereocenters. The second-order valence-corrected chi connectivity index (χ2v) is 3.99. The Hall–Kier alpha value is -0.0400. The van der Waals surface area contributed by atoms with Gasteiger partial charge in [-0.2, -0.15) is 0 Å². The van der Waals surface area contributed by atoms with Crippen molar-refractivity contribution in [3.63, 3.8) is 0 Å². The van der Waals surface area contributed by atoms with Gasteiger partial charge in [0.05, 0.1) is 10.8 Å². The molecular formula is C5H5IN2OS.